The van der Waals surface area contributed by atoms with E-state index in [9.17, 15) is 4.79 Å². The Morgan fingerprint density at radius 3 is 2.82 bits per heavy atom. The molecule has 4 heteroatoms. The van der Waals surface area contributed by atoms with Gasteiger partial charge < -0.3 is 4.98 Å². The van der Waals surface area contributed by atoms with Gasteiger partial charge in [-0.2, -0.15) is 0 Å². The Morgan fingerprint density at radius 2 is 2.00 bits per heavy atom. The minimum absolute atomic E-state index is 0.215. The molecule has 0 spiro atoms. The third-order valence-electron chi connectivity index (χ3n) is 3.32. The van der Waals surface area contributed by atoms with Gasteiger partial charge in [-0.05, 0) is 76.3 Å². The number of halogens is 2. The number of aryl methyl sites for hydroxylation is 1. The summed E-state index contributed by atoms with van der Waals surface area (Å²) >= 11 is 5.78. The van der Waals surface area contributed by atoms with Crippen molar-refractivity contribution in [2.75, 3.05) is 0 Å². The molecule has 1 aromatic heterocycles. The quantitative estimate of drug-likeness (QED) is 0.667. The Balaban J connectivity index is 2.44. The van der Waals surface area contributed by atoms with Crippen molar-refractivity contribution >= 4 is 49.4 Å². The maximum absolute atomic E-state index is 12.4. The van der Waals surface area contributed by atoms with Crippen LogP contribution < -0.4 is 5.43 Å². The van der Waals surface area contributed by atoms with Crippen molar-refractivity contribution in [3.8, 4) is 0 Å². The molecule has 88 valence electrons. The summed E-state index contributed by atoms with van der Waals surface area (Å²) in [6.45, 7) is 0. The van der Waals surface area contributed by atoms with E-state index in [1.807, 2.05) is 12.1 Å². The first-order valence-electron chi connectivity index (χ1n) is 5.69. The molecule has 1 aliphatic carbocycles. The van der Waals surface area contributed by atoms with Gasteiger partial charge in [-0.15, -0.1) is 0 Å². The molecule has 0 bridgehead atoms. The number of rotatable bonds is 0. The van der Waals surface area contributed by atoms with Gasteiger partial charge in [-0.1, -0.05) is 0 Å². The van der Waals surface area contributed by atoms with Gasteiger partial charge in [0.05, 0.1) is 5.52 Å². The molecule has 1 N–H and O–H groups in total. The molecule has 0 unspecified atom stereocenters. The van der Waals surface area contributed by atoms with E-state index in [2.05, 4.69) is 43.5 Å². The summed E-state index contributed by atoms with van der Waals surface area (Å²) in [6.07, 6.45) is 4.23. The van der Waals surface area contributed by atoms with E-state index in [1.165, 1.54) is 6.42 Å². The SMILES string of the molecule is O=c1c2c([nH]c3c(Br)cc(I)cc13)CCCC2. The fourth-order valence-corrected chi connectivity index (χ4v) is 4.10. The molecule has 0 atom stereocenters. The molecule has 1 aliphatic rings. The van der Waals surface area contributed by atoms with E-state index < -0.39 is 0 Å². The van der Waals surface area contributed by atoms with Gasteiger partial charge in [0.15, 0.2) is 5.43 Å². The average molecular weight is 404 g/mol. The van der Waals surface area contributed by atoms with Gasteiger partial charge in [0, 0.05) is 24.7 Å². The third kappa shape index (κ3) is 1.95. The average Bonchev–Trinajstić information content (AvgIpc) is 2.31. The molecular formula is C13H11BrINO. The molecule has 0 fully saturated rings. The van der Waals surface area contributed by atoms with Crippen molar-refractivity contribution < 1.29 is 0 Å². The lowest BCUT2D eigenvalue weighted by atomic mass is 9.94. The fourth-order valence-electron chi connectivity index (χ4n) is 2.49. The van der Waals surface area contributed by atoms with Crippen LogP contribution in [-0.2, 0) is 12.8 Å². The maximum atomic E-state index is 12.4. The number of nitrogens with one attached hydrogen (secondary N) is 1. The topological polar surface area (TPSA) is 32.9 Å². The van der Waals surface area contributed by atoms with Gasteiger partial charge in [-0.3, -0.25) is 4.79 Å². The van der Waals surface area contributed by atoms with Gasteiger partial charge in [0.25, 0.3) is 0 Å². The standard InChI is InChI=1S/C13H11BrINO/c14-10-6-7(15)5-9-12(10)16-11-4-2-1-3-8(11)13(9)17/h5-6H,1-4H2,(H,16,17). The number of aromatic nitrogens is 1. The summed E-state index contributed by atoms with van der Waals surface area (Å²) in [5.74, 6) is 0. The second kappa shape index (κ2) is 4.39. The maximum Gasteiger partial charge on any atom is 0.192 e. The molecule has 0 aliphatic heterocycles. The molecule has 0 radical (unpaired) electrons. The normalized spacial score (nSPS) is 14.9. The number of fused-ring (bicyclic) bond motifs is 2. The number of hydrogen-bond acceptors (Lipinski definition) is 1. The fraction of sp³-hybridized carbons (Fsp3) is 0.308. The first-order valence-corrected chi connectivity index (χ1v) is 7.57. The number of H-pyrrole nitrogens is 1. The molecular weight excluding hydrogens is 393 g/mol. The molecule has 0 amide bonds. The van der Waals surface area contributed by atoms with Gasteiger partial charge in [0.1, 0.15) is 0 Å². The lowest BCUT2D eigenvalue weighted by Gasteiger charge is -2.16. The van der Waals surface area contributed by atoms with Crippen molar-refractivity contribution in [1.29, 1.82) is 0 Å². The lowest BCUT2D eigenvalue weighted by molar-refractivity contribution is 0.667. The zero-order valence-corrected chi connectivity index (χ0v) is 12.9. The number of benzene rings is 1. The minimum atomic E-state index is 0.215. The Kier molecular flexibility index (Phi) is 3.02. The highest BCUT2D eigenvalue weighted by molar-refractivity contribution is 14.1. The molecule has 0 saturated heterocycles. The summed E-state index contributed by atoms with van der Waals surface area (Å²) in [7, 11) is 0. The smallest absolute Gasteiger partial charge is 0.192 e. The predicted molar refractivity (Wildman–Crippen MR) is 81.6 cm³/mol. The molecule has 2 aromatic rings. The van der Waals surface area contributed by atoms with Crippen LogP contribution in [0.1, 0.15) is 24.1 Å². The second-order valence-electron chi connectivity index (χ2n) is 4.43. The van der Waals surface area contributed by atoms with Crippen LogP contribution in [0.25, 0.3) is 10.9 Å². The summed E-state index contributed by atoms with van der Waals surface area (Å²) in [5, 5.41) is 0.810. The van der Waals surface area contributed by atoms with Crippen LogP contribution in [0.15, 0.2) is 21.4 Å². The van der Waals surface area contributed by atoms with E-state index in [4.69, 9.17) is 0 Å². The Hall–Kier alpha value is -0.360. The van der Waals surface area contributed by atoms with Crippen LogP contribution in [-0.4, -0.2) is 4.98 Å². The van der Waals surface area contributed by atoms with Gasteiger partial charge in [0.2, 0.25) is 0 Å². The summed E-state index contributed by atoms with van der Waals surface area (Å²) in [4.78, 5) is 15.9. The highest BCUT2D eigenvalue weighted by Crippen LogP contribution is 2.26. The Morgan fingerprint density at radius 1 is 1.24 bits per heavy atom. The minimum Gasteiger partial charge on any atom is -0.357 e. The summed E-state index contributed by atoms with van der Waals surface area (Å²) in [6, 6.07) is 4.00. The van der Waals surface area contributed by atoms with Gasteiger partial charge >= 0.3 is 0 Å². The van der Waals surface area contributed by atoms with E-state index >= 15 is 0 Å². The Labute approximate surface area is 121 Å². The molecule has 0 saturated carbocycles. The van der Waals surface area contributed by atoms with Crippen LogP contribution in [0.3, 0.4) is 0 Å². The van der Waals surface area contributed by atoms with Crippen molar-refractivity contribution in [2.45, 2.75) is 25.7 Å². The van der Waals surface area contributed by atoms with Crippen molar-refractivity contribution in [1.82, 2.24) is 4.98 Å². The zero-order chi connectivity index (χ0) is 12.0. The second-order valence-corrected chi connectivity index (χ2v) is 6.53. The highest BCUT2D eigenvalue weighted by atomic mass is 127. The van der Waals surface area contributed by atoms with Crippen LogP contribution in [0, 0.1) is 3.57 Å². The third-order valence-corrected chi connectivity index (χ3v) is 4.57. The van der Waals surface area contributed by atoms with E-state index in [0.29, 0.717) is 0 Å². The van der Waals surface area contributed by atoms with Crippen LogP contribution in [0.2, 0.25) is 0 Å². The van der Waals surface area contributed by atoms with E-state index in [1.54, 1.807) is 0 Å². The van der Waals surface area contributed by atoms with Crippen LogP contribution in [0.4, 0.5) is 0 Å². The summed E-state index contributed by atoms with van der Waals surface area (Å²) in [5.41, 5.74) is 3.29. The first-order chi connectivity index (χ1) is 8.16. The van der Waals surface area contributed by atoms with Crippen LogP contribution in [0.5, 0.6) is 0 Å². The monoisotopic (exact) mass is 403 g/mol. The molecule has 1 heterocycles. The van der Waals surface area contributed by atoms with Crippen molar-refractivity contribution in [3.63, 3.8) is 0 Å². The number of pyridine rings is 1. The number of hydrogen-bond donors (Lipinski definition) is 1. The molecule has 3 rings (SSSR count). The predicted octanol–water partition coefficient (Wildman–Crippen LogP) is 3.77. The summed E-state index contributed by atoms with van der Waals surface area (Å²) < 4.78 is 2.06. The zero-order valence-electron chi connectivity index (χ0n) is 9.15. The van der Waals surface area contributed by atoms with Gasteiger partial charge in [-0.25, -0.2) is 0 Å². The number of aromatic amines is 1. The van der Waals surface area contributed by atoms with Crippen molar-refractivity contribution in [2.24, 2.45) is 0 Å². The molecule has 17 heavy (non-hydrogen) atoms. The molecule has 1 aromatic carbocycles. The Bertz CT molecular complexity index is 662. The van der Waals surface area contributed by atoms with Crippen LogP contribution >= 0.6 is 38.5 Å². The van der Waals surface area contributed by atoms with E-state index in [-0.39, 0.29) is 5.43 Å². The lowest BCUT2D eigenvalue weighted by Crippen LogP contribution is -2.18. The first kappa shape index (κ1) is 11.7. The molecule has 2 nitrogen and oxygen atoms in total. The highest BCUT2D eigenvalue weighted by Gasteiger charge is 2.16. The van der Waals surface area contributed by atoms with Crippen molar-refractivity contribution in [3.05, 3.63) is 41.7 Å². The van der Waals surface area contributed by atoms with E-state index in [0.717, 1.165) is 49.5 Å². The largest absolute Gasteiger partial charge is 0.357 e.